The van der Waals surface area contributed by atoms with Crippen LogP contribution in [-0.2, 0) is 11.3 Å². The summed E-state index contributed by atoms with van der Waals surface area (Å²) in [7, 11) is 0. The molecule has 0 saturated carbocycles. The molecule has 1 amide bonds. The van der Waals surface area contributed by atoms with Gasteiger partial charge in [0.2, 0.25) is 5.91 Å². The lowest BCUT2D eigenvalue weighted by atomic mass is 10.2. The molecule has 1 aromatic carbocycles. The highest BCUT2D eigenvalue weighted by Gasteiger charge is 2.03. The Labute approximate surface area is 89.3 Å². The van der Waals surface area contributed by atoms with Crippen LogP contribution in [0, 0.1) is 0 Å². The minimum Gasteiger partial charge on any atom is -0.372 e. The Morgan fingerprint density at radius 3 is 2.67 bits per heavy atom. The third-order valence-electron chi connectivity index (χ3n) is 1.88. The molecule has 0 aliphatic heterocycles. The number of rotatable bonds is 5. The summed E-state index contributed by atoms with van der Waals surface area (Å²) in [6.45, 7) is 2.40. The van der Waals surface area contributed by atoms with E-state index < -0.39 is 6.23 Å². The van der Waals surface area contributed by atoms with E-state index in [1.54, 1.807) is 0 Å². The Morgan fingerprint density at radius 1 is 1.40 bits per heavy atom. The second-order valence-electron chi connectivity index (χ2n) is 3.33. The molecule has 0 radical (unpaired) electrons. The molecule has 1 unspecified atom stereocenters. The first-order valence-electron chi connectivity index (χ1n) is 4.88. The highest BCUT2D eigenvalue weighted by atomic mass is 16.3. The molecule has 82 valence electrons. The molecule has 0 heterocycles. The van der Waals surface area contributed by atoms with Crippen molar-refractivity contribution in [3.8, 4) is 0 Å². The van der Waals surface area contributed by atoms with Crippen LogP contribution >= 0.6 is 0 Å². The van der Waals surface area contributed by atoms with Crippen molar-refractivity contribution >= 4 is 5.91 Å². The van der Waals surface area contributed by atoms with Crippen LogP contribution < -0.4 is 10.6 Å². The molecule has 0 aromatic heterocycles. The second kappa shape index (κ2) is 6.16. The lowest BCUT2D eigenvalue weighted by Gasteiger charge is -2.12. The SMILES string of the molecule is CC(=O)NC(O)CNCc1ccccc1. The van der Waals surface area contributed by atoms with Gasteiger partial charge in [-0.15, -0.1) is 0 Å². The largest absolute Gasteiger partial charge is 0.372 e. The van der Waals surface area contributed by atoms with Gasteiger partial charge in [-0.3, -0.25) is 4.79 Å². The van der Waals surface area contributed by atoms with Crippen LogP contribution in [0.25, 0.3) is 0 Å². The molecule has 15 heavy (non-hydrogen) atoms. The van der Waals surface area contributed by atoms with Gasteiger partial charge in [-0.05, 0) is 5.56 Å². The van der Waals surface area contributed by atoms with Gasteiger partial charge >= 0.3 is 0 Å². The zero-order chi connectivity index (χ0) is 11.1. The van der Waals surface area contributed by atoms with Crippen molar-refractivity contribution in [1.82, 2.24) is 10.6 Å². The van der Waals surface area contributed by atoms with Crippen molar-refractivity contribution in [2.45, 2.75) is 19.7 Å². The van der Waals surface area contributed by atoms with Crippen LogP contribution in [-0.4, -0.2) is 23.8 Å². The number of benzene rings is 1. The zero-order valence-corrected chi connectivity index (χ0v) is 8.73. The van der Waals surface area contributed by atoms with Gasteiger partial charge in [-0.1, -0.05) is 30.3 Å². The zero-order valence-electron chi connectivity index (χ0n) is 8.73. The Bertz CT molecular complexity index is 301. The number of carbonyl (C=O) groups is 1. The third-order valence-corrected chi connectivity index (χ3v) is 1.88. The minimum absolute atomic E-state index is 0.232. The van der Waals surface area contributed by atoms with E-state index in [1.165, 1.54) is 6.92 Å². The molecule has 0 aliphatic carbocycles. The molecular weight excluding hydrogens is 192 g/mol. The van der Waals surface area contributed by atoms with Gasteiger partial charge in [0.25, 0.3) is 0 Å². The van der Waals surface area contributed by atoms with Gasteiger partial charge in [0.05, 0.1) is 0 Å². The fourth-order valence-electron chi connectivity index (χ4n) is 1.23. The first kappa shape index (κ1) is 11.7. The summed E-state index contributed by atoms with van der Waals surface area (Å²) in [5.74, 6) is -0.232. The quantitative estimate of drug-likeness (QED) is 0.607. The van der Waals surface area contributed by atoms with E-state index >= 15 is 0 Å². The maximum Gasteiger partial charge on any atom is 0.218 e. The van der Waals surface area contributed by atoms with Gasteiger partial charge in [-0.25, -0.2) is 0 Å². The number of hydrogen-bond acceptors (Lipinski definition) is 3. The van der Waals surface area contributed by atoms with E-state index in [-0.39, 0.29) is 5.91 Å². The number of aliphatic hydroxyl groups is 1. The first-order chi connectivity index (χ1) is 7.18. The summed E-state index contributed by atoms with van der Waals surface area (Å²) in [6.07, 6.45) is -0.828. The van der Waals surface area contributed by atoms with E-state index in [0.717, 1.165) is 5.56 Å². The molecule has 4 heteroatoms. The van der Waals surface area contributed by atoms with Crippen LogP contribution in [0.15, 0.2) is 30.3 Å². The number of aliphatic hydroxyl groups excluding tert-OH is 1. The number of amides is 1. The van der Waals surface area contributed by atoms with E-state index in [9.17, 15) is 9.90 Å². The average molecular weight is 208 g/mol. The number of nitrogens with one attached hydrogen (secondary N) is 2. The molecule has 0 aliphatic rings. The van der Waals surface area contributed by atoms with Crippen molar-refractivity contribution in [2.24, 2.45) is 0 Å². The van der Waals surface area contributed by atoms with Gasteiger partial charge in [0.1, 0.15) is 6.23 Å². The second-order valence-corrected chi connectivity index (χ2v) is 3.33. The van der Waals surface area contributed by atoms with Crippen LogP contribution in [0.5, 0.6) is 0 Å². The maximum absolute atomic E-state index is 10.6. The summed E-state index contributed by atoms with van der Waals surface area (Å²) in [5, 5.41) is 14.7. The van der Waals surface area contributed by atoms with E-state index in [0.29, 0.717) is 13.1 Å². The molecule has 0 bridgehead atoms. The van der Waals surface area contributed by atoms with Gasteiger partial charge in [0.15, 0.2) is 0 Å². The molecular formula is C11H16N2O2. The number of hydrogen-bond donors (Lipinski definition) is 3. The standard InChI is InChI=1S/C11H16N2O2/c1-9(14)13-11(15)8-12-7-10-5-3-2-4-6-10/h2-6,11-12,15H,7-8H2,1H3,(H,13,14). The van der Waals surface area contributed by atoms with Crippen LogP contribution in [0.4, 0.5) is 0 Å². The van der Waals surface area contributed by atoms with Crippen molar-refractivity contribution in [1.29, 1.82) is 0 Å². The molecule has 3 N–H and O–H groups in total. The molecule has 0 fully saturated rings. The van der Waals surface area contributed by atoms with Gasteiger partial charge < -0.3 is 15.7 Å². The third kappa shape index (κ3) is 5.15. The Balaban J connectivity index is 2.19. The molecule has 1 rings (SSSR count). The summed E-state index contributed by atoms with van der Waals surface area (Å²) >= 11 is 0. The molecule has 1 aromatic rings. The Kier molecular flexibility index (Phi) is 4.80. The molecule has 1 atom stereocenters. The monoisotopic (exact) mass is 208 g/mol. The lowest BCUT2D eigenvalue weighted by molar-refractivity contribution is -0.121. The van der Waals surface area contributed by atoms with Gasteiger partial charge in [-0.2, -0.15) is 0 Å². The molecule has 0 spiro atoms. The van der Waals surface area contributed by atoms with Crippen molar-refractivity contribution < 1.29 is 9.90 Å². The summed E-state index contributed by atoms with van der Waals surface area (Å²) in [6, 6.07) is 9.87. The minimum atomic E-state index is -0.828. The molecule has 4 nitrogen and oxygen atoms in total. The van der Waals surface area contributed by atoms with E-state index in [1.807, 2.05) is 30.3 Å². The fourth-order valence-corrected chi connectivity index (χ4v) is 1.23. The maximum atomic E-state index is 10.6. The number of carbonyl (C=O) groups excluding carboxylic acids is 1. The topological polar surface area (TPSA) is 61.4 Å². The normalized spacial score (nSPS) is 12.1. The predicted octanol–water partition coefficient (Wildman–Crippen LogP) is 0.231. The molecule has 0 saturated heterocycles. The smallest absolute Gasteiger partial charge is 0.218 e. The first-order valence-corrected chi connectivity index (χ1v) is 4.88. The van der Waals surface area contributed by atoms with Crippen LogP contribution in [0.1, 0.15) is 12.5 Å². The van der Waals surface area contributed by atoms with Gasteiger partial charge in [0, 0.05) is 20.0 Å². The van der Waals surface area contributed by atoms with E-state index in [4.69, 9.17) is 0 Å². The summed E-state index contributed by atoms with van der Waals surface area (Å²) in [5.41, 5.74) is 1.15. The van der Waals surface area contributed by atoms with Crippen molar-refractivity contribution in [2.75, 3.05) is 6.54 Å². The van der Waals surface area contributed by atoms with Crippen molar-refractivity contribution in [3.63, 3.8) is 0 Å². The van der Waals surface area contributed by atoms with Crippen molar-refractivity contribution in [3.05, 3.63) is 35.9 Å². The summed E-state index contributed by atoms with van der Waals surface area (Å²) in [4.78, 5) is 10.6. The Morgan fingerprint density at radius 2 is 2.07 bits per heavy atom. The Hall–Kier alpha value is -1.39. The van der Waals surface area contributed by atoms with Crippen LogP contribution in [0.2, 0.25) is 0 Å². The highest BCUT2D eigenvalue weighted by Crippen LogP contribution is 1.96. The summed E-state index contributed by atoms with van der Waals surface area (Å²) < 4.78 is 0. The predicted molar refractivity (Wildman–Crippen MR) is 58.0 cm³/mol. The highest BCUT2D eigenvalue weighted by molar-refractivity contribution is 5.72. The van der Waals surface area contributed by atoms with E-state index in [2.05, 4.69) is 10.6 Å². The average Bonchev–Trinajstić information content (AvgIpc) is 2.18. The fraction of sp³-hybridized carbons (Fsp3) is 0.364. The van der Waals surface area contributed by atoms with Crippen LogP contribution in [0.3, 0.4) is 0 Å². The lowest BCUT2D eigenvalue weighted by Crippen LogP contribution is -2.40.